The molecule has 0 bridgehead atoms. The van der Waals surface area contributed by atoms with Crippen LogP contribution in [0.5, 0.6) is 11.5 Å². The second-order valence-corrected chi connectivity index (χ2v) is 15.0. The minimum atomic E-state index is -0.785. The molecular weight excluding hydrogens is 758 g/mol. The molecule has 1 aromatic heterocycles. The topological polar surface area (TPSA) is 159 Å². The largest absolute Gasteiger partial charge is 0.457 e. The summed E-state index contributed by atoms with van der Waals surface area (Å²) >= 11 is 3.41. The summed E-state index contributed by atoms with van der Waals surface area (Å²) in [4.78, 5) is 69.2. The molecule has 14 nitrogen and oxygen atoms in total. The Kier molecular flexibility index (Phi) is 9.32. The van der Waals surface area contributed by atoms with Crippen LogP contribution in [0.25, 0.3) is 0 Å². The molecule has 0 saturated carbocycles. The Bertz CT molecular complexity index is 2250. The van der Waals surface area contributed by atoms with Crippen LogP contribution in [0.15, 0.2) is 82.2 Å². The van der Waals surface area contributed by atoms with Crippen molar-refractivity contribution >= 4 is 50.9 Å². The smallest absolute Gasteiger partial charge is 0.282 e. The predicted molar refractivity (Wildman–Crippen MR) is 202 cm³/mol. The summed E-state index contributed by atoms with van der Waals surface area (Å²) in [6, 6.07) is 19.3. The number of hydrogen-bond donors (Lipinski definition) is 2. The molecule has 0 aliphatic carbocycles. The minimum absolute atomic E-state index is 0.0912. The van der Waals surface area contributed by atoms with Gasteiger partial charge in [0.25, 0.3) is 17.4 Å². The average Bonchev–Trinajstić information content (AvgIpc) is 3.96. The zero-order valence-corrected chi connectivity index (χ0v) is 31.4. The van der Waals surface area contributed by atoms with Gasteiger partial charge in [0.05, 0.1) is 11.9 Å². The third kappa shape index (κ3) is 6.67. The summed E-state index contributed by atoms with van der Waals surface area (Å²) in [5, 5.41) is 9.96. The van der Waals surface area contributed by atoms with Gasteiger partial charge in [-0.15, -0.1) is 0 Å². The van der Waals surface area contributed by atoms with Gasteiger partial charge in [0.15, 0.2) is 6.23 Å². The van der Waals surface area contributed by atoms with Crippen molar-refractivity contribution in [1.82, 2.24) is 24.9 Å². The number of rotatable bonds is 8. The number of anilines is 2. The number of piperidine rings is 2. The minimum Gasteiger partial charge on any atom is -0.457 e. The Hall–Kier alpha value is -5.38. The lowest BCUT2D eigenvalue weighted by molar-refractivity contribution is -0.137. The molecule has 0 spiro atoms. The van der Waals surface area contributed by atoms with Gasteiger partial charge in [-0.2, -0.15) is 5.10 Å². The second-order valence-electron chi connectivity index (χ2n) is 14.2. The van der Waals surface area contributed by atoms with Crippen LogP contribution in [-0.2, 0) is 21.4 Å². The Morgan fingerprint density at radius 2 is 1.81 bits per heavy atom. The van der Waals surface area contributed by atoms with Crippen LogP contribution in [-0.4, -0.2) is 88.7 Å². The van der Waals surface area contributed by atoms with Crippen LogP contribution >= 0.6 is 15.9 Å². The van der Waals surface area contributed by atoms with Gasteiger partial charge in [0, 0.05) is 68.1 Å². The monoisotopic (exact) mass is 795 g/mol. The third-order valence-electron chi connectivity index (χ3n) is 10.5. The summed E-state index contributed by atoms with van der Waals surface area (Å²) in [5.74, 6) is -0.264. The van der Waals surface area contributed by atoms with E-state index in [-0.39, 0.29) is 48.1 Å². The van der Waals surface area contributed by atoms with E-state index >= 15 is 0 Å². The molecule has 3 fully saturated rings. The number of benzene rings is 3. The highest BCUT2D eigenvalue weighted by molar-refractivity contribution is 9.10. The number of aromatic nitrogens is 2. The van der Waals surface area contributed by atoms with Gasteiger partial charge in [-0.25, -0.2) is 4.68 Å². The van der Waals surface area contributed by atoms with Crippen molar-refractivity contribution in [3.8, 4) is 11.5 Å². The first-order chi connectivity index (χ1) is 26.0. The van der Waals surface area contributed by atoms with Crippen LogP contribution in [0, 0.1) is 0 Å². The molecule has 15 heteroatoms. The predicted octanol–water partition coefficient (Wildman–Crippen LogP) is 4.17. The first-order valence-electron chi connectivity index (χ1n) is 17.7. The van der Waals surface area contributed by atoms with E-state index in [0.29, 0.717) is 44.0 Å². The Labute approximate surface area is 319 Å². The van der Waals surface area contributed by atoms with Crippen LogP contribution in [0.2, 0.25) is 0 Å². The van der Waals surface area contributed by atoms with Gasteiger partial charge >= 0.3 is 0 Å². The normalized spacial score (nSPS) is 23.6. The fourth-order valence-electron chi connectivity index (χ4n) is 7.75. The molecule has 3 saturated heterocycles. The molecule has 4 aliphatic heterocycles. The van der Waals surface area contributed by atoms with Gasteiger partial charge in [0.2, 0.25) is 11.8 Å². The number of carbonyl (C=O) groups excluding carboxylic acids is 4. The molecule has 4 aliphatic rings. The second kappa shape index (κ2) is 14.1. The number of hydrogen-bond acceptors (Lipinski definition) is 10. The van der Waals surface area contributed by atoms with E-state index in [9.17, 15) is 24.0 Å². The maximum absolute atomic E-state index is 13.7. The number of likely N-dealkylation sites (N-methyl/N-ethyl adjacent to an activating group) is 1. The summed E-state index contributed by atoms with van der Waals surface area (Å²) in [6.45, 7) is 1.67. The zero-order valence-electron chi connectivity index (χ0n) is 29.8. The van der Waals surface area contributed by atoms with E-state index in [1.54, 1.807) is 61.6 Å². The van der Waals surface area contributed by atoms with Crippen molar-refractivity contribution in [2.45, 2.75) is 49.6 Å². The lowest BCUT2D eigenvalue weighted by Crippen LogP contribution is -2.56. The number of carbonyl (C=O) groups is 4. The first-order valence-corrected chi connectivity index (χ1v) is 18.5. The molecule has 54 heavy (non-hydrogen) atoms. The number of amides is 4. The van der Waals surface area contributed by atoms with Gasteiger partial charge in [-0.1, -0.05) is 24.3 Å². The number of halogens is 1. The molecule has 8 rings (SSSR count). The van der Waals surface area contributed by atoms with E-state index in [4.69, 9.17) is 9.47 Å². The summed E-state index contributed by atoms with van der Waals surface area (Å²) in [5.41, 5.74) is 3.72. The van der Waals surface area contributed by atoms with Crippen molar-refractivity contribution in [1.29, 1.82) is 0 Å². The van der Waals surface area contributed by atoms with Gasteiger partial charge in [0.1, 0.15) is 28.1 Å². The van der Waals surface area contributed by atoms with E-state index in [1.165, 1.54) is 9.58 Å². The standard InChI is InChI=1S/C39H38BrN7O7/c1-44-19-23(16-24(20-44)42-28-18-41-46(3)38(52)33(28)40)21-10-12-22(13-11-21)36(50)45(2)25-6-4-7-26(17-25)53-30-9-5-8-27-32(30)34-39(54-34)47(37(27)51)29-14-15-31(48)43-35(29)49/h4-13,17-18,23-24,29,34,39,42H,14-16,19-20H2,1-3H3,(H,43,48,49)/t23-,24+,29?,34?,39?/m0/s1. The van der Waals surface area contributed by atoms with Crippen molar-refractivity contribution in [3.63, 3.8) is 0 Å². The lowest BCUT2D eigenvalue weighted by atomic mass is 9.87. The van der Waals surface area contributed by atoms with Crippen molar-refractivity contribution in [2.75, 3.05) is 37.4 Å². The van der Waals surface area contributed by atoms with E-state index in [0.717, 1.165) is 25.1 Å². The van der Waals surface area contributed by atoms with E-state index < -0.39 is 24.3 Å². The number of imide groups is 1. The average molecular weight is 797 g/mol. The highest BCUT2D eigenvalue weighted by atomic mass is 79.9. The van der Waals surface area contributed by atoms with Crippen molar-refractivity contribution in [2.24, 2.45) is 7.05 Å². The number of epoxide rings is 1. The van der Waals surface area contributed by atoms with Crippen LogP contribution < -0.4 is 25.8 Å². The number of aryl methyl sites for hydroxylation is 1. The van der Waals surface area contributed by atoms with E-state index in [1.807, 2.05) is 30.3 Å². The summed E-state index contributed by atoms with van der Waals surface area (Å²) < 4.78 is 14.0. The SMILES string of the molecule is CN1C[C@H](Nc2cnn(C)c(=O)c2Br)C[C@H](c2ccc(C(=O)N(C)c3cccc(Oc4cccc5c4C4OC4N(C4CCC(=O)NC4=O)C5=O)c3)cc2)C1. The van der Waals surface area contributed by atoms with E-state index in [2.05, 4.69) is 43.6 Å². The number of ether oxygens (including phenoxy) is 2. The highest BCUT2D eigenvalue weighted by Gasteiger charge is 2.57. The molecule has 0 radical (unpaired) electrons. The van der Waals surface area contributed by atoms with Crippen molar-refractivity contribution < 1.29 is 28.7 Å². The maximum atomic E-state index is 13.7. The summed E-state index contributed by atoms with van der Waals surface area (Å²) in [7, 11) is 5.39. The Morgan fingerprint density at radius 1 is 1.04 bits per heavy atom. The van der Waals surface area contributed by atoms with Gasteiger partial charge < -0.3 is 24.6 Å². The molecule has 4 amide bonds. The molecular formula is C39H38BrN7O7. The molecule has 3 unspecified atom stereocenters. The summed E-state index contributed by atoms with van der Waals surface area (Å²) in [6.07, 6.45) is 1.80. The fourth-order valence-corrected chi connectivity index (χ4v) is 8.22. The number of fused-ring (bicyclic) bond motifs is 3. The fraction of sp³-hybridized carbons (Fsp3) is 0.333. The molecule has 4 aromatic rings. The van der Waals surface area contributed by atoms with Crippen molar-refractivity contribution in [3.05, 3.63) is 110 Å². The van der Waals surface area contributed by atoms with Gasteiger partial charge in [-0.3, -0.25) is 34.2 Å². The van der Waals surface area contributed by atoms with Crippen LogP contribution in [0.4, 0.5) is 11.4 Å². The maximum Gasteiger partial charge on any atom is 0.282 e. The molecule has 5 atom stereocenters. The number of nitrogens with one attached hydrogen (secondary N) is 2. The molecule has 5 heterocycles. The van der Waals surface area contributed by atoms with Crippen LogP contribution in [0.1, 0.15) is 63.1 Å². The highest BCUT2D eigenvalue weighted by Crippen LogP contribution is 2.52. The Balaban J connectivity index is 0.942. The molecule has 278 valence electrons. The number of likely N-dealkylation sites (tertiary alicyclic amines) is 1. The molecule has 3 aromatic carbocycles. The zero-order chi connectivity index (χ0) is 37.8. The first kappa shape index (κ1) is 35.6. The molecule has 2 N–H and O–H groups in total. The van der Waals surface area contributed by atoms with Crippen LogP contribution in [0.3, 0.4) is 0 Å². The quantitative estimate of drug-likeness (QED) is 0.196. The Morgan fingerprint density at radius 3 is 2.59 bits per heavy atom. The third-order valence-corrected chi connectivity index (χ3v) is 11.3. The van der Waals surface area contributed by atoms with Gasteiger partial charge in [-0.05, 0) is 83.7 Å². The lowest BCUT2D eigenvalue weighted by Gasteiger charge is -2.37. The number of nitrogens with zero attached hydrogens (tertiary/aromatic N) is 5.